The molecule has 0 saturated heterocycles. The first kappa shape index (κ1) is 12.9. The van der Waals surface area contributed by atoms with Gasteiger partial charge in [0.1, 0.15) is 0 Å². The number of nitrogens with one attached hydrogen (secondary N) is 1. The maximum atomic E-state index is 5.07. The molecule has 2 heteroatoms. The van der Waals surface area contributed by atoms with E-state index in [0.717, 1.165) is 25.6 Å². The molecule has 0 aliphatic heterocycles. The summed E-state index contributed by atoms with van der Waals surface area (Å²) in [7, 11) is 1.76. The van der Waals surface area contributed by atoms with Gasteiger partial charge in [-0.15, -0.1) is 0 Å². The van der Waals surface area contributed by atoms with Crippen LogP contribution >= 0.6 is 0 Å². The molecule has 0 aromatic heterocycles. The minimum Gasteiger partial charge on any atom is -0.384 e. The summed E-state index contributed by atoms with van der Waals surface area (Å²) in [6.45, 7) is 9.81. The second kappa shape index (κ2) is 8.52. The molecule has 13 heavy (non-hydrogen) atoms. The van der Waals surface area contributed by atoms with E-state index in [1.807, 2.05) is 0 Å². The number of hydrogen-bond donors (Lipinski definition) is 1. The maximum absolute atomic E-state index is 5.07. The van der Waals surface area contributed by atoms with Gasteiger partial charge in [-0.2, -0.15) is 0 Å². The summed E-state index contributed by atoms with van der Waals surface area (Å²) in [5, 5.41) is 3.49. The van der Waals surface area contributed by atoms with Crippen molar-refractivity contribution >= 4 is 0 Å². The quantitative estimate of drug-likeness (QED) is 0.629. The van der Waals surface area contributed by atoms with Crippen molar-refractivity contribution in [1.82, 2.24) is 5.32 Å². The van der Waals surface area contributed by atoms with Gasteiger partial charge in [-0.3, -0.25) is 0 Å². The van der Waals surface area contributed by atoms with Gasteiger partial charge in [0.05, 0.1) is 0 Å². The van der Waals surface area contributed by atoms with Crippen molar-refractivity contribution in [1.29, 1.82) is 0 Å². The van der Waals surface area contributed by atoms with Crippen molar-refractivity contribution in [2.45, 2.75) is 33.6 Å². The Balaban J connectivity index is 3.32. The fraction of sp³-hybridized carbons (Fsp3) is 1.00. The Kier molecular flexibility index (Phi) is 8.46. The van der Waals surface area contributed by atoms with Crippen LogP contribution in [0, 0.1) is 11.8 Å². The highest BCUT2D eigenvalue weighted by atomic mass is 16.5. The monoisotopic (exact) mass is 187 g/mol. The zero-order valence-corrected chi connectivity index (χ0v) is 9.60. The topological polar surface area (TPSA) is 21.3 Å². The van der Waals surface area contributed by atoms with Crippen molar-refractivity contribution in [3.8, 4) is 0 Å². The molecular formula is C11H25NO. The lowest BCUT2D eigenvalue weighted by molar-refractivity contribution is 0.158. The molecule has 0 saturated carbocycles. The van der Waals surface area contributed by atoms with Gasteiger partial charge in [-0.1, -0.05) is 33.6 Å². The predicted molar refractivity (Wildman–Crippen MR) is 58.0 cm³/mol. The molecule has 0 aromatic rings. The number of rotatable bonds is 8. The lowest BCUT2D eigenvalue weighted by Crippen LogP contribution is -2.28. The van der Waals surface area contributed by atoms with Gasteiger partial charge >= 0.3 is 0 Å². The Morgan fingerprint density at radius 1 is 1.15 bits per heavy atom. The van der Waals surface area contributed by atoms with Gasteiger partial charge < -0.3 is 10.1 Å². The van der Waals surface area contributed by atoms with E-state index in [2.05, 4.69) is 26.1 Å². The summed E-state index contributed by atoms with van der Waals surface area (Å²) in [5.74, 6) is 1.47. The van der Waals surface area contributed by atoms with Crippen LogP contribution in [0.4, 0.5) is 0 Å². The van der Waals surface area contributed by atoms with Crippen LogP contribution in [-0.2, 0) is 4.74 Å². The van der Waals surface area contributed by atoms with Crippen LogP contribution in [0.3, 0.4) is 0 Å². The fourth-order valence-electron chi connectivity index (χ4n) is 1.45. The van der Waals surface area contributed by atoms with Crippen molar-refractivity contribution in [2.24, 2.45) is 11.8 Å². The third-order valence-corrected chi connectivity index (χ3v) is 2.53. The van der Waals surface area contributed by atoms with Crippen LogP contribution in [0.25, 0.3) is 0 Å². The van der Waals surface area contributed by atoms with Gasteiger partial charge in [-0.25, -0.2) is 0 Å². The van der Waals surface area contributed by atoms with Crippen LogP contribution in [0.1, 0.15) is 33.6 Å². The maximum Gasteiger partial charge on any atom is 0.0499 e. The van der Waals surface area contributed by atoms with E-state index in [1.54, 1.807) is 7.11 Å². The lowest BCUT2D eigenvalue weighted by Gasteiger charge is -2.16. The zero-order valence-electron chi connectivity index (χ0n) is 9.60. The SMILES string of the molecule is CCC(CC)CNCC(C)COC. The second-order valence-corrected chi connectivity index (χ2v) is 3.90. The fourth-order valence-corrected chi connectivity index (χ4v) is 1.45. The molecule has 0 aliphatic carbocycles. The highest BCUT2D eigenvalue weighted by Gasteiger charge is 2.04. The third kappa shape index (κ3) is 7.03. The zero-order chi connectivity index (χ0) is 10.1. The summed E-state index contributed by atoms with van der Waals surface area (Å²) >= 11 is 0. The standard InChI is InChI=1S/C11H25NO/c1-5-11(6-2)8-12-7-10(3)9-13-4/h10-12H,5-9H2,1-4H3. The smallest absolute Gasteiger partial charge is 0.0499 e. The first-order chi connectivity index (χ1) is 6.24. The molecule has 0 amide bonds. The molecule has 1 N–H and O–H groups in total. The highest BCUT2D eigenvalue weighted by molar-refractivity contribution is 4.61. The molecule has 0 rings (SSSR count). The Morgan fingerprint density at radius 2 is 1.77 bits per heavy atom. The number of hydrogen-bond acceptors (Lipinski definition) is 2. The van der Waals surface area contributed by atoms with E-state index >= 15 is 0 Å². The summed E-state index contributed by atoms with van der Waals surface area (Å²) in [6.07, 6.45) is 2.56. The molecule has 80 valence electrons. The van der Waals surface area contributed by atoms with Crippen LogP contribution in [0.5, 0.6) is 0 Å². The van der Waals surface area contributed by atoms with Crippen molar-refractivity contribution in [3.63, 3.8) is 0 Å². The van der Waals surface area contributed by atoms with E-state index in [4.69, 9.17) is 4.74 Å². The first-order valence-electron chi connectivity index (χ1n) is 5.44. The summed E-state index contributed by atoms with van der Waals surface area (Å²) in [4.78, 5) is 0. The van der Waals surface area contributed by atoms with Gasteiger partial charge in [0, 0.05) is 13.7 Å². The van der Waals surface area contributed by atoms with Gasteiger partial charge in [0.25, 0.3) is 0 Å². The summed E-state index contributed by atoms with van der Waals surface area (Å²) in [6, 6.07) is 0. The lowest BCUT2D eigenvalue weighted by atomic mass is 10.0. The largest absolute Gasteiger partial charge is 0.384 e. The van der Waals surface area contributed by atoms with Crippen LogP contribution in [0.2, 0.25) is 0 Å². The van der Waals surface area contributed by atoms with Gasteiger partial charge in [0.15, 0.2) is 0 Å². The first-order valence-corrected chi connectivity index (χ1v) is 5.44. The third-order valence-electron chi connectivity index (χ3n) is 2.53. The van der Waals surface area contributed by atoms with E-state index in [9.17, 15) is 0 Å². The molecule has 1 unspecified atom stereocenters. The molecule has 0 aliphatic rings. The van der Waals surface area contributed by atoms with E-state index in [1.165, 1.54) is 12.8 Å². The normalized spacial score (nSPS) is 13.6. The van der Waals surface area contributed by atoms with E-state index in [0.29, 0.717) is 5.92 Å². The second-order valence-electron chi connectivity index (χ2n) is 3.90. The number of ether oxygens (including phenoxy) is 1. The minimum atomic E-state index is 0.624. The molecule has 1 atom stereocenters. The molecule has 0 fully saturated rings. The average molecular weight is 187 g/mol. The van der Waals surface area contributed by atoms with Crippen molar-refractivity contribution < 1.29 is 4.74 Å². The summed E-state index contributed by atoms with van der Waals surface area (Å²) < 4.78 is 5.07. The predicted octanol–water partition coefficient (Wildman–Crippen LogP) is 2.29. The van der Waals surface area contributed by atoms with Gasteiger partial charge in [0.2, 0.25) is 0 Å². The Morgan fingerprint density at radius 3 is 2.23 bits per heavy atom. The summed E-state index contributed by atoms with van der Waals surface area (Å²) in [5.41, 5.74) is 0. The Labute approximate surface area is 83.1 Å². The molecule has 0 aromatic carbocycles. The van der Waals surface area contributed by atoms with E-state index < -0.39 is 0 Å². The molecule has 0 bridgehead atoms. The average Bonchev–Trinajstić information content (AvgIpc) is 2.13. The van der Waals surface area contributed by atoms with E-state index in [-0.39, 0.29) is 0 Å². The van der Waals surface area contributed by atoms with Crippen LogP contribution in [0.15, 0.2) is 0 Å². The minimum absolute atomic E-state index is 0.624. The Bertz CT molecular complexity index is 102. The van der Waals surface area contributed by atoms with Crippen LogP contribution in [-0.4, -0.2) is 26.8 Å². The van der Waals surface area contributed by atoms with Crippen molar-refractivity contribution in [3.05, 3.63) is 0 Å². The Hall–Kier alpha value is -0.0800. The molecule has 0 heterocycles. The van der Waals surface area contributed by atoms with Crippen molar-refractivity contribution in [2.75, 3.05) is 26.8 Å². The highest BCUT2D eigenvalue weighted by Crippen LogP contribution is 2.05. The molecular weight excluding hydrogens is 162 g/mol. The molecule has 0 radical (unpaired) electrons. The van der Waals surface area contributed by atoms with Gasteiger partial charge in [-0.05, 0) is 24.9 Å². The van der Waals surface area contributed by atoms with Crippen LogP contribution < -0.4 is 5.32 Å². The number of methoxy groups -OCH3 is 1. The molecule has 0 spiro atoms. The molecule has 2 nitrogen and oxygen atoms in total.